The average Bonchev–Trinajstić information content (AvgIpc) is 1.84. The first-order valence-corrected chi connectivity index (χ1v) is 5.27. The standard InChI is InChI=1S/C6H14O5S.Na.H/c1-2-3-11-4-6(7)5-12(8,9)10;;/h6-7H,2-5H2,1H3,(H,8,9,10);;/q;+1;-1. The minimum Gasteiger partial charge on any atom is -1.00 e. The Kier molecular flexibility index (Phi) is 10.2. The first kappa shape index (κ1) is 16.3. The Bertz CT molecular complexity index is 208. The zero-order chi connectivity index (χ0) is 9.61. The Morgan fingerprint density at radius 2 is 2.08 bits per heavy atom. The van der Waals surface area contributed by atoms with Crippen LogP contribution < -0.4 is 29.6 Å². The van der Waals surface area contributed by atoms with Crippen LogP contribution in [0.2, 0.25) is 0 Å². The van der Waals surface area contributed by atoms with E-state index >= 15 is 0 Å². The van der Waals surface area contributed by atoms with E-state index in [4.69, 9.17) is 14.4 Å². The molecule has 0 rings (SSSR count). The van der Waals surface area contributed by atoms with Crippen molar-refractivity contribution in [2.45, 2.75) is 19.4 Å². The van der Waals surface area contributed by atoms with Crippen molar-refractivity contribution in [3.05, 3.63) is 0 Å². The fourth-order valence-electron chi connectivity index (χ4n) is 0.655. The Balaban J connectivity index is -0.000000605. The first-order valence-electron chi connectivity index (χ1n) is 3.66. The summed E-state index contributed by atoms with van der Waals surface area (Å²) in [6.45, 7) is 2.31. The fourth-order valence-corrected chi connectivity index (χ4v) is 1.24. The molecule has 0 amide bonds. The summed E-state index contributed by atoms with van der Waals surface area (Å²) in [5, 5.41) is 8.95. The van der Waals surface area contributed by atoms with Gasteiger partial charge in [0.2, 0.25) is 0 Å². The summed E-state index contributed by atoms with van der Waals surface area (Å²) in [5.74, 6) is -0.670. The molecule has 0 aromatic carbocycles. The van der Waals surface area contributed by atoms with E-state index < -0.39 is 22.0 Å². The number of rotatable bonds is 6. The van der Waals surface area contributed by atoms with Crippen molar-refractivity contribution >= 4 is 10.1 Å². The molecule has 0 aliphatic carbocycles. The van der Waals surface area contributed by atoms with E-state index in [1.165, 1.54) is 0 Å². The summed E-state index contributed by atoms with van der Waals surface area (Å²) in [6.07, 6.45) is -0.343. The molecule has 0 heterocycles. The molecule has 13 heavy (non-hydrogen) atoms. The summed E-state index contributed by atoms with van der Waals surface area (Å²) >= 11 is 0. The molecule has 0 aliphatic heterocycles. The van der Waals surface area contributed by atoms with Crippen LogP contribution in [-0.2, 0) is 14.9 Å². The van der Waals surface area contributed by atoms with Gasteiger partial charge in [0, 0.05) is 6.61 Å². The van der Waals surface area contributed by atoms with E-state index in [-0.39, 0.29) is 37.6 Å². The van der Waals surface area contributed by atoms with E-state index in [9.17, 15) is 8.42 Å². The fraction of sp³-hybridized carbons (Fsp3) is 1.00. The largest absolute Gasteiger partial charge is 1.00 e. The van der Waals surface area contributed by atoms with Crippen LogP contribution in [0.1, 0.15) is 14.8 Å². The number of hydrogen-bond acceptors (Lipinski definition) is 4. The van der Waals surface area contributed by atoms with Crippen LogP contribution >= 0.6 is 0 Å². The number of hydrogen-bond donors (Lipinski definition) is 2. The minimum absolute atomic E-state index is 0. The van der Waals surface area contributed by atoms with Crippen LogP contribution in [0.15, 0.2) is 0 Å². The second kappa shape index (κ2) is 8.16. The number of aliphatic hydroxyl groups is 1. The molecular formula is C6H15NaO5S. The van der Waals surface area contributed by atoms with Crippen LogP contribution in [0.3, 0.4) is 0 Å². The number of ether oxygens (including phenoxy) is 1. The van der Waals surface area contributed by atoms with Crippen LogP contribution in [0.4, 0.5) is 0 Å². The van der Waals surface area contributed by atoms with Crippen molar-refractivity contribution in [2.24, 2.45) is 0 Å². The van der Waals surface area contributed by atoms with Crippen LogP contribution in [0.25, 0.3) is 0 Å². The molecule has 0 spiro atoms. The Morgan fingerprint density at radius 3 is 2.46 bits per heavy atom. The molecule has 2 N–H and O–H groups in total. The summed E-state index contributed by atoms with van der Waals surface area (Å²) in [6, 6.07) is 0. The van der Waals surface area contributed by atoms with E-state index in [0.717, 1.165) is 6.42 Å². The third-order valence-electron chi connectivity index (χ3n) is 1.06. The molecule has 7 heteroatoms. The van der Waals surface area contributed by atoms with E-state index in [1.807, 2.05) is 6.92 Å². The van der Waals surface area contributed by atoms with E-state index in [1.54, 1.807) is 0 Å². The maximum atomic E-state index is 10.2. The topological polar surface area (TPSA) is 83.8 Å². The Hall–Kier alpha value is 0.830. The zero-order valence-electron chi connectivity index (χ0n) is 8.93. The van der Waals surface area contributed by atoms with Crippen molar-refractivity contribution in [2.75, 3.05) is 19.0 Å². The van der Waals surface area contributed by atoms with Crippen LogP contribution in [-0.4, -0.2) is 43.1 Å². The molecule has 5 nitrogen and oxygen atoms in total. The van der Waals surface area contributed by atoms with Crippen molar-refractivity contribution < 1.29 is 53.8 Å². The van der Waals surface area contributed by atoms with E-state index in [2.05, 4.69) is 0 Å². The van der Waals surface area contributed by atoms with Gasteiger partial charge in [0.1, 0.15) is 5.75 Å². The molecular weight excluding hydrogens is 207 g/mol. The van der Waals surface area contributed by atoms with Crippen molar-refractivity contribution in [1.29, 1.82) is 0 Å². The van der Waals surface area contributed by atoms with E-state index in [0.29, 0.717) is 6.61 Å². The zero-order valence-corrected chi connectivity index (χ0v) is 10.7. The first-order chi connectivity index (χ1) is 5.45. The second-order valence-corrected chi connectivity index (χ2v) is 3.97. The minimum atomic E-state index is -4.09. The maximum Gasteiger partial charge on any atom is 1.00 e. The quantitative estimate of drug-likeness (QED) is 0.280. The van der Waals surface area contributed by atoms with Crippen molar-refractivity contribution in [3.8, 4) is 0 Å². The van der Waals surface area contributed by atoms with Gasteiger partial charge in [0.15, 0.2) is 0 Å². The molecule has 0 saturated carbocycles. The smallest absolute Gasteiger partial charge is 1.00 e. The van der Waals surface area contributed by atoms with Crippen molar-refractivity contribution in [3.63, 3.8) is 0 Å². The molecule has 0 radical (unpaired) electrons. The summed E-state index contributed by atoms with van der Waals surface area (Å²) < 4.78 is 33.6. The van der Waals surface area contributed by atoms with Gasteiger partial charge >= 0.3 is 29.6 Å². The molecule has 0 aromatic heterocycles. The third-order valence-corrected chi connectivity index (χ3v) is 1.87. The Morgan fingerprint density at radius 1 is 1.54 bits per heavy atom. The average molecular weight is 222 g/mol. The SMILES string of the molecule is CCCOCC(O)CS(=O)(=O)O.[H-].[Na+]. The molecule has 0 bridgehead atoms. The van der Waals surface area contributed by atoms with Gasteiger partial charge in [0.05, 0.1) is 12.7 Å². The van der Waals surface area contributed by atoms with Gasteiger partial charge in [-0.05, 0) is 6.42 Å². The summed E-state index contributed by atoms with van der Waals surface area (Å²) in [4.78, 5) is 0. The second-order valence-electron chi connectivity index (χ2n) is 2.48. The van der Waals surface area contributed by atoms with Crippen LogP contribution in [0.5, 0.6) is 0 Å². The van der Waals surface area contributed by atoms with Crippen LogP contribution in [0, 0.1) is 0 Å². The Labute approximate surface area is 102 Å². The van der Waals surface area contributed by atoms with Gasteiger partial charge in [-0.1, -0.05) is 6.92 Å². The van der Waals surface area contributed by atoms with Gasteiger partial charge in [-0.25, -0.2) is 0 Å². The molecule has 0 saturated heterocycles. The monoisotopic (exact) mass is 222 g/mol. The summed E-state index contributed by atoms with van der Waals surface area (Å²) in [5.41, 5.74) is 0. The maximum absolute atomic E-state index is 10.2. The van der Waals surface area contributed by atoms with Gasteiger partial charge < -0.3 is 11.3 Å². The molecule has 0 aromatic rings. The molecule has 1 atom stereocenters. The molecule has 0 aliphatic rings. The molecule has 0 fully saturated rings. The normalized spacial score (nSPS) is 13.5. The van der Waals surface area contributed by atoms with Gasteiger partial charge in [0.25, 0.3) is 10.1 Å². The predicted molar refractivity (Wildman–Crippen MR) is 44.6 cm³/mol. The molecule has 76 valence electrons. The van der Waals surface area contributed by atoms with Gasteiger partial charge in [-0.15, -0.1) is 0 Å². The van der Waals surface area contributed by atoms with Gasteiger partial charge in [-0.3, -0.25) is 4.55 Å². The summed E-state index contributed by atoms with van der Waals surface area (Å²) in [7, 11) is -4.09. The van der Waals surface area contributed by atoms with Crippen molar-refractivity contribution in [1.82, 2.24) is 0 Å². The van der Waals surface area contributed by atoms with Gasteiger partial charge in [-0.2, -0.15) is 8.42 Å². The number of aliphatic hydroxyl groups excluding tert-OH is 1. The predicted octanol–water partition coefficient (Wildman–Crippen LogP) is -3.22. The third kappa shape index (κ3) is 12.8. The molecule has 1 unspecified atom stereocenters.